The summed E-state index contributed by atoms with van der Waals surface area (Å²) < 4.78 is 45.5. The molecular weight excluding hydrogens is 273 g/mol. The van der Waals surface area contributed by atoms with E-state index in [1.807, 2.05) is 0 Å². The molecule has 0 aliphatic carbocycles. The van der Waals surface area contributed by atoms with Crippen LogP contribution in [-0.2, 0) is 12.3 Å². The van der Waals surface area contributed by atoms with Gasteiger partial charge < -0.3 is 9.47 Å². The predicted molar refractivity (Wildman–Crippen MR) is 56.3 cm³/mol. The molecule has 1 aromatic heterocycles. The molecule has 0 unspecified atom stereocenters. The zero-order chi connectivity index (χ0) is 13.8. The average molecular weight is 281 g/mol. The van der Waals surface area contributed by atoms with Crippen LogP contribution < -0.4 is 9.47 Å². The van der Waals surface area contributed by atoms with Gasteiger partial charge in [0.05, 0.1) is 37.4 Å². The Morgan fingerprint density at radius 2 is 2.17 bits per heavy atom. The number of methoxy groups -OCH3 is 1. The second-order valence-corrected chi connectivity index (χ2v) is 3.36. The lowest BCUT2D eigenvalue weighted by atomic mass is 10.1. The molecule has 0 fully saturated rings. The van der Waals surface area contributed by atoms with Gasteiger partial charge in [-0.3, -0.25) is 4.98 Å². The molecular formula is C10H8ClF3N2O2. The van der Waals surface area contributed by atoms with Crippen LogP contribution in [0.1, 0.15) is 11.3 Å². The molecule has 18 heavy (non-hydrogen) atoms. The van der Waals surface area contributed by atoms with Crippen LogP contribution in [-0.4, -0.2) is 18.5 Å². The second kappa shape index (κ2) is 5.78. The van der Waals surface area contributed by atoms with Crippen LogP contribution >= 0.6 is 11.6 Å². The smallest absolute Gasteiger partial charge is 0.491 e. The molecule has 1 heterocycles. The van der Waals surface area contributed by atoms with Crippen molar-refractivity contribution in [2.75, 3.05) is 7.11 Å². The maximum Gasteiger partial charge on any atom is 0.573 e. The summed E-state index contributed by atoms with van der Waals surface area (Å²) >= 11 is 5.58. The minimum Gasteiger partial charge on any atom is -0.491 e. The number of halogens is 4. The molecule has 98 valence electrons. The van der Waals surface area contributed by atoms with Crippen molar-refractivity contribution in [3.8, 4) is 17.6 Å². The molecule has 1 aromatic rings. The first kappa shape index (κ1) is 14.4. The topological polar surface area (TPSA) is 55.1 Å². The summed E-state index contributed by atoms with van der Waals surface area (Å²) in [5, 5.41) is 8.56. The minimum atomic E-state index is -4.88. The van der Waals surface area contributed by atoms with Crippen molar-refractivity contribution in [2.45, 2.75) is 18.7 Å². The van der Waals surface area contributed by atoms with Crippen LogP contribution in [0.2, 0.25) is 0 Å². The highest BCUT2D eigenvalue weighted by molar-refractivity contribution is 6.17. The molecule has 0 atom stereocenters. The standard InChI is InChI=1S/C10H8ClF3N2O2/c1-17-8-5-16-7(2-3-15)6(4-11)9(8)18-10(12,13)14/h5H,2,4H2,1H3. The lowest BCUT2D eigenvalue weighted by molar-refractivity contribution is -0.275. The summed E-state index contributed by atoms with van der Waals surface area (Å²) in [6.45, 7) is 0. The summed E-state index contributed by atoms with van der Waals surface area (Å²) in [4.78, 5) is 3.82. The van der Waals surface area contributed by atoms with Gasteiger partial charge in [0.2, 0.25) is 0 Å². The number of hydrogen-bond donors (Lipinski definition) is 0. The SMILES string of the molecule is COc1cnc(CC#N)c(CCl)c1OC(F)(F)F. The molecule has 1 rings (SSSR count). The van der Waals surface area contributed by atoms with E-state index in [-0.39, 0.29) is 29.3 Å². The molecule has 0 saturated carbocycles. The van der Waals surface area contributed by atoms with E-state index >= 15 is 0 Å². The monoisotopic (exact) mass is 280 g/mol. The molecule has 0 radical (unpaired) electrons. The first-order valence-corrected chi connectivity index (χ1v) is 5.19. The van der Waals surface area contributed by atoms with Gasteiger partial charge in [-0.15, -0.1) is 24.8 Å². The van der Waals surface area contributed by atoms with E-state index in [0.717, 1.165) is 6.20 Å². The van der Waals surface area contributed by atoms with E-state index in [4.69, 9.17) is 21.6 Å². The van der Waals surface area contributed by atoms with Crippen molar-refractivity contribution in [3.05, 3.63) is 17.5 Å². The van der Waals surface area contributed by atoms with E-state index in [0.29, 0.717) is 0 Å². The third-order valence-corrected chi connectivity index (χ3v) is 2.27. The number of nitriles is 1. The fourth-order valence-corrected chi connectivity index (χ4v) is 1.57. The number of ether oxygens (including phenoxy) is 2. The zero-order valence-electron chi connectivity index (χ0n) is 9.21. The molecule has 0 spiro atoms. The highest BCUT2D eigenvalue weighted by Gasteiger charge is 2.34. The lowest BCUT2D eigenvalue weighted by Crippen LogP contribution is -2.19. The quantitative estimate of drug-likeness (QED) is 0.796. The van der Waals surface area contributed by atoms with E-state index in [1.165, 1.54) is 7.11 Å². The number of aromatic nitrogens is 1. The Kier molecular flexibility index (Phi) is 4.62. The number of alkyl halides is 4. The Balaban J connectivity index is 3.33. The van der Waals surface area contributed by atoms with Gasteiger partial charge in [-0.2, -0.15) is 5.26 Å². The summed E-state index contributed by atoms with van der Waals surface area (Å²) in [5.41, 5.74) is 0.127. The molecule has 0 N–H and O–H groups in total. The third kappa shape index (κ3) is 3.40. The Labute approximate surface area is 106 Å². The van der Waals surface area contributed by atoms with Crippen LogP contribution in [0.5, 0.6) is 11.5 Å². The summed E-state index contributed by atoms with van der Waals surface area (Å²) in [6.07, 6.45) is -3.98. The average Bonchev–Trinajstić information content (AvgIpc) is 2.28. The number of nitrogens with zero attached hydrogens (tertiary/aromatic N) is 2. The van der Waals surface area contributed by atoms with Crippen molar-refractivity contribution in [3.63, 3.8) is 0 Å². The Hall–Kier alpha value is -1.68. The van der Waals surface area contributed by atoms with Gasteiger partial charge in [0, 0.05) is 5.56 Å². The van der Waals surface area contributed by atoms with Crippen molar-refractivity contribution in [1.82, 2.24) is 4.98 Å². The molecule has 0 amide bonds. The first-order chi connectivity index (χ1) is 8.42. The van der Waals surface area contributed by atoms with Crippen LogP contribution in [0.25, 0.3) is 0 Å². The molecule has 0 saturated heterocycles. The van der Waals surface area contributed by atoms with Crippen molar-refractivity contribution < 1.29 is 22.6 Å². The van der Waals surface area contributed by atoms with Crippen LogP contribution in [0, 0.1) is 11.3 Å². The van der Waals surface area contributed by atoms with Crippen LogP contribution in [0.15, 0.2) is 6.20 Å². The van der Waals surface area contributed by atoms with Crippen LogP contribution in [0.4, 0.5) is 13.2 Å². The van der Waals surface area contributed by atoms with E-state index in [9.17, 15) is 13.2 Å². The number of hydrogen-bond acceptors (Lipinski definition) is 4. The van der Waals surface area contributed by atoms with Gasteiger partial charge >= 0.3 is 6.36 Å². The molecule has 0 aliphatic rings. The zero-order valence-corrected chi connectivity index (χ0v) is 9.97. The van der Waals surface area contributed by atoms with Crippen molar-refractivity contribution in [2.24, 2.45) is 0 Å². The van der Waals surface area contributed by atoms with Gasteiger partial charge in [0.15, 0.2) is 11.5 Å². The van der Waals surface area contributed by atoms with Gasteiger partial charge in [0.1, 0.15) is 0 Å². The normalized spacial score (nSPS) is 10.9. The van der Waals surface area contributed by atoms with Gasteiger partial charge in [-0.05, 0) is 0 Å². The minimum absolute atomic E-state index is 0.00473. The molecule has 0 aliphatic heterocycles. The fraction of sp³-hybridized carbons (Fsp3) is 0.400. The van der Waals surface area contributed by atoms with E-state index in [2.05, 4.69) is 9.72 Å². The highest BCUT2D eigenvalue weighted by atomic mass is 35.5. The van der Waals surface area contributed by atoms with Gasteiger partial charge in [-0.25, -0.2) is 0 Å². The third-order valence-electron chi connectivity index (χ3n) is 2.00. The Morgan fingerprint density at radius 3 is 2.61 bits per heavy atom. The highest BCUT2D eigenvalue weighted by Crippen LogP contribution is 2.37. The Bertz CT molecular complexity index is 471. The summed E-state index contributed by atoms with van der Waals surface area (Å²) in [6, 6.07) is 1.79. The van der Waals surface area contributed by atoms with E-state index in [1.54, 1.807) is 6.07 Å². The predicted octanol–water partition coefficient (Wildman–Crippen LogP) is 2.79. The number of pyridine rings is 1. The van der Waals surface area contributed by atoms with Crippen molar-refractivity contribution in [1.29, 1.82) is 5.26 Å². The maximum absolute atomic E-state index is 12.3. The van der Waals surface area contributed by atoms with Gasteiger partial charge in [0.25, 0.3) is 0 Å². The van der Waals surface area contributed by atoms with Crippen molar-refractivity contribution >= 4 is 11.6 Å². The summed E-state index contributed by atoms with van der Waals surface area (Å²) in [5.74, 6) is -1.02. The maximum atomic E-state index is 12.3. The fourth-order valence-electron chi connectivity index (χ4n) is 1.29. The van der Waals surface area contributed by atoms with Gasteiger partial charge in [-0.1, -0.05) is 0 Å². The summed E-state index contributed by atoms with van der Waals surface area (Å²) in [7, 11) is 1.18. The second-order valence-electron chi connectivity index (χ2n) is 3.10. The largest absolute Gasteiger partial charge is 0.573 e. The molecule has 4 nitrogen and oxygen atoms in total. The lowest BCUT2D eigenvalue weighted by Gasteiger charge is -2.16. The molecule has 8 heteroatoms. The molecule has 0 bridgehead atoms. The molecule has 0 aromatic carbocycles. The Morgan fingerprint density at radius 1 is 1.50 bits per heavy atom. The first-order valence-electron chi connectivity index (χ1n) is 4.66. The number of rotatable bonds is 4. The van der Waals surface area contributed by atoms with E-state index < -0.39 is 12.1 Å². The van der Waals surface area contributed by atoms with Crippen LogP contribution in [0.3, 0.4) is 0 Å².